The largest absolute Gasteiger partial charge is 0.409 e. The highest BCUT2D eigenvalue weighted by atomic mass is 35.5. The number of oxime groups is 1. The summed E-state index contributed by atoms with van der Waals surface area (Å²) in [6.07, 6.45) is 0. The highest BCUT2D eigenvalue weighted by Gasteiger charge is 2.09. The summed E-state index contributed by atoms with van der Waals surface area (Å²) in [7, 11) is 0. The van der Waals surface area contributed by atoms with Crippen LogP contribution in [-0.2, 0) is 0 Å². The molecule has 0 heterocycles. The first-order valence-corrected chi connectivity index (χ1v) is 6.81. The molecule has 0 atom stereocenters. The fraction of sp³-hybridized carbons (Fsp3) is 0.0714. The Balaban J connectivity index is 2.41. The second-order valence-electron chi connectivity index (χ2n) is 4.04. The molecular formula is C14H13ClN2OS. The highest BCUT2D eigenvalue weighted by molar-refractivity contribution is 7.99. The maximum Gasteiger partial charge on any atom is 0.171 e. The van der Waals surface area contributed by atoms with E-state index in [1.165, 1.54) is 17.3 Å². The molecule has 98 valence electrons. The van der Waals surface area contributed by atoms with Crippen molar-refractivity contribution in [1.29, 1.82) is 0 Å². The minimum Gasteiger partial charge on any atom is -0.409 e. The lowest BCUT2D eigenvalue weighted by molar-refractivity contribution is 0.318. The van der Waals surface area contributed by atoms with Crippen LogP contribution in [0.3, 0.4) is 0 Å². The molecule has 0 spiro atoms. The van der Waals surface area contributed by atoms with Gasteiger partial charge in [-0.2, -0.15) is 0 Å². The average Bonchev–Trinajstić information content (AvgIpc) is 2.38. The summed E-state index contributed by atoms with van der Waals surface area (Å²) < 4.78 is 0. The lowest BCUT2D eigenvalue weighted by atomic mass is 10.2. The van der Waals surface area contributed by atoms with Crippen LogP contribution in [0.25, 0.3) is 0 Å². The van der Waals surface area contributed by atoms with E-state index >= 15 is 0 Å². The van der Waals surface area contributed by atoms with Gasteiger partial charge in [0, 0.05) is 20.4 Å². The van der Waals surface area contributed by atoms with E-state index in [1.807, 2.05) is 31.2 Å². The van der Waals surface area contributed by atoms with Crippen LogP contribution >= 0.6 is 23.4 Å². The first-order chi connectivity index (χ1) is 9.10. The highest BCUT2D eigenvalue weighted by Crippen LogP contribution is 2.32. The van der Waals surface area contributed by atoms with Crippen molar-refractivity contribution in [2.75, 3.05) is 0 Å². The standard InChI is InChI=1S/C14H13ClN2OS/c1-9-3-2-4-11(7-9)19-13-8-10(15)5-6-12(13)14(16)17-18/h2-8,18H,1H3,(H2,16,17). The van der Waals surface area contributed by atoms with E-state index < -0.39 is 0 Å². The molecule has 0 aliphatic rings. The summed E-state index contributed by atoms with van der Waals surface area (Å²) >= 11 is 7.54. The molecular weight excluding hydrogens is 280 g/mol. The van der Waals surface area contributed by atoms with E-state index in [-0.39, 0.29) is 5.84 Å². The Kier molecular flexibility index (Phi) is 4.35. The molecule has 2 aromatic rings. The molecule has 19 heavy (non-hydrogen) atoms. The molecule has 0 aliphatic heterocycles. The molecule has 0 bridgehead atoms. The van der Waals surface area contributed by atoms with Crippen LogP contribution in [0.1, 0.15) is 11.1 Å². The fourth-order valence-electron chi connectivity index (χ4n) is 1.65. The van der Waals surface area contributed by atoms with Crippen molar-refractivity contribution in [2.24, 2.45) is 10.9 Å². The Bertz CT molecular complexity index is 629. The minimum absolute atomic E-state index is 0.0758. The van der Waals surface area contributed by atoms with Gasteiger partial charge in [0.15, 0.2) is 5.84 Å². The Labute approximate surface area is 121 Å². The van der Waals surface area contributed by atoms with E-state index in [0.29, 0.717) is 10.6 Å². The van der Waals surface area contributed by atoms with Gasteiger partial charge >= 0.3 is 0 Å². The quantitative estimate of drug-likeness (QED) is 0.390. The molecule has 2 aromatic carbocycles. The van der Waals surface area contributed by atoms with E-state index in [9.17, 15) is 0 Å². The van der Waals surface area contributed by atoms with E-state index in [0.717, 1.165) is 9.79 Å². The molecule has 5 heteroatoms. The van der Waals surface area contributed by atoms with Gasteiger partial charge in [-0.15, -0.1) is 0 Å². The normalized spacial score (nSPS) is 11.6. The zero-order valence-electron chi connectivity index (χ0n) is 10.3. The molecule has 3 N–H and O–H groups in total. The summed E-state index contributed by atoms with van der Waals surface area (Å²) in [5.74, 6) is 0.0758. The van der Waals surface area contributed by atoms with E-state index in [2.05, 4.69) is 11.2 Å². The average molecular weight is 293 g/mol. The molecule has 0 amide bonds. The predicted octanol–water partition coefficient (Wildman–Crippen LogP) is 3.89. The number of aryl methyl sites for hydroxylation is 1. The third kappa shape index (κ3) is 3.43. The zero-order chi connectivity index (χ0) is 13.8. The Morgan fingerprint density at radius 3 is 2.74 bits per heavy atom. The SMILES string of the molecule is Cc1cccc(Sc2cc(Cl)ccc2/C(N)=N/O)c1. The second kappa shape index (κ2) is 5.99. The number of halogens is 1. The number of hydrogen-bond acceptors (Lipinski definition) is 3. The lowest BCUT2D eigenvalue weighted by Crippen LogP contribution is -2.14. The van der Waals surface area contributed by atoms with Crippen molar-refractivity contribution in [3.63, 3.8) is 0 Å². The van der Waals surface area contributed by atoms with Crippen molar-refractivity contribution in [2.45, 2.75) is 16.7 Å². The zero-order valence-corrected chi connectivity index (χ0v) is 11.9. The topological polar surface area (TPSA) is 58.6 Å². The van der Waals surface area contributed by atoms with Gasteiger partial charge in [0.2, 0.25) is 0 Å². The molecule has 0 saturated heterocycles. The second-order valence-corrected chi connectivity index (χ2v) is 5.60. The third-order valence-electron chi connectivity index (χ3n) is 2.54. The molecule has 0 radical (unpaired) electrons. The molecule has 0 aromatic heterocycles. The number of nitrogens with two attached hydrogens (primary N) is 1. The smallest absolute Gasteiger partial charge is 0.171 e. The Morgan fingerprint density at radius 1 is 1.26 bits per heavy atom. The van der Waals surface area contributed by atoms with Gasteiger partial charge in [-0.25, -0.2) is 0 Å². The van der Waals surface area contributed by atoms with Crippen molar-refractivity contribution in [1.82, 2.24) is 0 Å². The molecule has 2 rings (SSSR count). The van der Waals surface area contributed by atoms with Gasteiger partial charge in [0.05, 0.1) is 0 Å². The summed E-state index contributed by atoms with van der Waals surface area (Å²) in [6.45, 7) is 2.03. The minimum atomic E-state index is 0.0758. The van der Waals surface area contributed by atoms with Gasteiger partial charge in [0.1, 0.15) is 0 Å². The van der Waals surface area contributed by atoms with Crippen LogP contribution in [0.5, 0.6) is 0 Å². The maximum absolute atomic E-state index is 8.81. The summed E-state index contributed by atoms with van der Waals surface area (Å²) in [5, 5.41) is 12.5. The monoisotopic (exact) mass is 292 g/mol. The number of hydrogen-bond donors (Lipinski definition) is 2. The lowest BCUT2D eigenvalue weighted by Gasteiger charge is -2.09. The van der Waals surface area contributed by atoms with Gasteiger partial charge in [-0.1, -0.05) is 46.2 Å². The first-order valence-electron chi connectivity index (χ1n) is 5.62. The number of amidine groups is 1. The third-order valence-corrected chi connectivity index (χ3v) is 3.83. The summed E-state index contributed by atoms with van der Waals surface area (Å²) in [5.41, 5.74) is 7.52. The maximum atomic E-state index is 8.81. The van der Waals surface area contributed by atoms with E-state index in [4.69, 9.17) is 22.5 Å². The summed E-state index contributed by atoms with van der Waals surface area (Å²) in [6, 6.07) is 13.4. The van der Waals surface area contributed by atoms with Gasteiger partial charge in [-0.05, 0) is 37.3 Å². The van der Waals surface area contributed by atoms with Crippen molar-refractivity contribution >= 4 is 29.2 Å². The molecule has 0 aliphatic carbocycles. The molecule has 0 unspecified atom stereocenters. The van der Waals surface area contributed by atoms with Crippen LogP contribution in [0.4, 0.5) is 0 Å². The molecule has 0 fully saturated rings. The predicted molar refractivity (Wildman–Crippen MR) is 79.3 cm³/mol. The van der Waals surface area contributed by atoms with Crippen LogP contribution in [-0.4, -0.2) is 11.0 Å². The van der Waals surface area contributed by atoms with Crippen LogP contribution in [0, 0.1) is 6.92 Å². The first kappa shape index (κ1) is 13.8. The van der Waals surface area contributed by atoms with Crippen molar-refractivity contribution < 1.29 is 5.21 Å². The van der Waals surface area contributed by atoms with Gasteiger partial charge in [-0.3, -0.25) is 0 Å². The Morgan fingerprint density at radius 2 is 2.05 bits per heavy atom. The number of benzene rings is 2. The van der Waals surface area contributed by atoms with Crippen LogP contribution < -0.4 is 5.73 Å². The number of nitrogens with zero attached hydrogens (tertiary/aromatic N) is 1. The van der Waals surface area contributed by atoms with E-state index in [1.54, 1.807) is 12.1 Å². The molecule has 3 nitrogen and oxygen atoms in total. The van der Waals surface area contributed by atoms with Crippen molar-refractivity contribution in [3.05, 3.63) is 58.6 Å². The van der Waals surface area contributed by atoms with Crippen LogP contribution in [0.2, 0.25) is 5.02 Å². The van der Waals surface area contributed by atoms with Gasteiger partial charge in [0.25, 0.3) is 0 Å². The Hall–Kier alpha value is -1.65. The van der Waals surface area contributed by atoms with Crippen LogP contribution in [0.15, 0.2) is 57.4 Å². The van der Waals surface area contributed by atoms with Crippen molar-refractivity contribution in [3.8, 4) is 0 Å². The molecule has 0 saturated carbocycles. The van der Waals surface area contributed by atoms with Gasteiger partial charge < -0.3 is 10.9 Å². The summed E-state index contributed by atoms with van der Waals surface area (Å²) in [4.78, 5) is 1.93. The fourth-order valence-corrected chi connectivity index (χ4v) is 3.00. The number of rotatable bonds is 3.